The molecule has 0 heterocycles. The summed E-state index contributed by atoms with van der Waals surface area (Å²) < 4.78 is 0. The van der Waals surface area contributed by atoms with Crippen LogP contribution in [0.5, 0.6) is 0 Å². The van der Waals surface area contributed by atoms with Crippen LogP contribution in [0.1, 0.15) is 13.8 Å². The average Bonchev–Trinajstić information content (AvgIpc) is 1.41. The van der Waals surface area contributed by atoms with Gasteiger partial charge in [-0.1, -0.05) is 0 Å². The third kappa shape index (κ3) is 8.82. The number of hydrogen-bond donors (Lipinski definition) is 0. The maximum atomic E-state index is 2.24. The summed E-state index contributed by atoms with van der Waals surface area (Å²) in [6, 6.07) is 0. The molecule has 0 aromatic heterocycles. The first-order valence-corrected chi connectivity index (χ1v) is 3.79. The Labute approximate surface area is 47.7 Å². The second kappa shape index (κ2) is 9.11. The standard InChI is InChI=1S/2C2H5.C.Cr/c2*1-2;;/h2*1H2,2H3;;. The molecule has 0 spiro atoms. The van der Waals surface area contributed by atoms with Gasteiger partial charge in [-0.2, -0.15) is 0 Å². The zero-order valence-corrected chi connectivity index (χ0v) is 5.60. The molecular formula is C5H10Cr. The molecule has 0 aliphatic carbocycles. The summed E-state index contributed by atoms with van der Waals surface area (Å²) in [6.07, 6.45) is 0. The van der Waals surface area contributed by atoms with Crippen molar-refractivity contribution in [2.75, 3.05) is 0 Å². The number of rotatable bonds is 2. The molecule has 0 saturated carbocycles. The van der Waals surface area contributed by atoms with Crippen molar-refractivity contribution in [2.45, 2.75) is 24.4 Å². The predicted octanol–water partition coefficient (Wildman–Crippen LogP) is 2.03. The van der Waals surface area contributed by atoms with Crippen LogP contribution in [-0.4, -0.2) is 0 Å². The van der Waals surface area contributed by atoms with Crippen molar-refractivity contribution in [3.63, 3.8) is 0 Å². The van der Waals surface area contributed by atoms with E-state index in [2.05, 4.69) is 13.8 Å². The second-order valence-electron chi connectivity index (χ2n) is 0.781. The second-order valence-corrected chi connectivity index (χ2v) is 3.22. The molecule has 0 amide bonds. The summed E-state index contributed by atoms with van der Waals surface area (Å²) in [5, 5.41) is 2.81. The Hall–Kier alpha value is 0.532. The van der Waals surface area contributed by atoms with Gasteiger partial charge in [0.1, 0.15) is 0 Å². The van der Waals surface area contributed by atoms with Gasteiger partial charge < -0.3 is 0 Å². The van der Waals surface area contributed by atoms with Crippen molar-refractivity contribution < 1.29 is 15.2 Å². The number of hydrogen-bond acceptors (Lipinski definition) is 0. The van der Waals surface area contributed by atoms with Gasteiger partial charge in [-0.25, -0.2) is 0 Å². The van der Waals surface area contributed by atoms with E-state index in [4.69, 9.17) is 0 Å². The van der Waals surface area contributed by atoms with Crippen LogP contribution in [0.4, 0.5) is 0 Å². The van der Waals surface area contributed by atoms with Crippen LogP contribution in [0.25, 0.3) is 0 Å². The molecule has 0 fully saturated rings. The van der Waals surface area contributed by atoms with Crippen molar-refractivity contribution in [1.82, 2.24) is 0 Å². The molecule has 6 heavy (non-hydrogen) atoms. The van der Waals surface area contributed by atoms with E-state index in [1.807, 2.05) is 0 Å². The molecule has 4 radical (unpaired) electrons. The van der Waals surface area contributed by atoms with Gasteiger partial charge in [-0.3, -0.25) is 0 Å². The molecule has 0 unspecified atom stereocenters. The fourth-order valence-corrected chi connectivity index (χ4v) is 0.842. The molecule has 0 rings (SSSR count). The molecule has 0 aromatic rings. The van der Waals surface area contributed by atoms with Crippen molar-refractivity contribution in [1.29, 1.82) is 0 Å². The largest absolute Gasteiger partial charge is 0 e. The van der Waals surface area contributed by atoms with Crippen LogP contribution in [0.2, 0.25) is 10.6 Å². The van der Waals surface area contributed by atoms with Crippen LogP contribution < -0.4 is 0 Å². The third-order valence-corrected chi connectivity index (χ3v) is 1.68. The van der Waals surface area contributed by atoms with E-state index in [-0.39, 0.29) is 7.43 Å². The maximum absolute atomic E-state index is 2.24. The smallest absolute Gasteiger partial charge is 0 e. The molecule has 0 aliphatic heterocycles. The van der Waals surface area contributed by atoms with Crippen LogP contribution >= 0.6 is 0 Å². The van der Waals surface area contributed by atoms with Gasteiger partial charge in [0, 0.05) is 7.43 Å². The Bertz CT molecular complexity index is 11.4. The minimum absolute atomic E-state index is 0. The van der Waals surface area contributed by atoms with E-state index in [0.29, 0.717) is 0 Å². The third-order valence-electron chi connectivity index (χ3n) is 0.408. The molecule has 0 saturated heterocycles. The van der Waals surface area contributed by atoms with Gasteiger partial charge in [0.25, 0.3) is 0 Å². The summed E-state index contributed by atoms with van der Waals surface area (Å²) in [6.45, 7) is 4.48. The predicted molar refractivity (Wildman–Crippen MR) is 24.2 cm³/mol. The van der Waals surface area contributed by atoms with Gasteiger partial charge in [0.05, 0.1) is 0 Å². The van der Waals surface area contributed by atoms with Crippen molar-refractivity contribution in [2.24, 2.45) is 0 Å². The van der Waals surface area contributed by atoms with Crippen LogP contribution in [0.15, 0.2) is 0 Å². The first-order chi connectivity index (χ1) is 2.41. The van der Waals surface area contributed by atoms with E-state index in [1.54, 1.807) is 0 Å². The molecule has 0 bridgehead atoms. The summed E-state index contributed by atoms with van der Waals surface area (Å²) in [5.41, 5.74) is 0. The normalized spacial score (nSPS) is 7.00. The molecule has 0 N–H and O–H groups in total. The van der Waals surface area contributed by atoms with Crippen molar-refractivity contribution in [3.05, 3.63) is 7.43 Å². The molecule has 0 aliphatic rings. The van der Waals surface area contributed by atoms with Gasteiger partial charge in [0.15, 0.2) is 0 Å². The first kappa shape index (κ1) is 9.73. The summed E-state index contributed by atoms with van der Waals surface area (Å²) >= 11 is 0.958. The molecule has 36 valence electrons. The molecule has 0 nitrogen and oxygen atoms in total. The fourth-order valence-electron chi connectivity index (χ4n) is 0.204. The van der Waals surface area contributed by atoms with Gasteiger partial charge >= 0.3 is 39.6 Å². The summed E-state index contributed by atoms with van der Waals surface area (Å²) in [7, 11) is 0. The summed E-state index contributed by atoms with van der Waals surface area (Å²) in [5.74, 6) is 0. The van der Waals surface area contributed by atoms with Gasteiger partial charge in [-0.15, -0.1) is 0 Å². The quantitative estimate of drug-likeness (QED) is 0.525. The van der Waals surface area contributed by atoms with Crippen molar-refractivity contribution >= 4 is 0 Å². The minimum atomic E-state index is 0. The fraction of sp³-hybridized carbons (Fsp3) is 0.800. The van der Waals surface area contributed by atoms with Crippen molar-refractivity contribution in [3.8, 4) is 0 Å². The molecular weight excluding hydrogens is 112 g/mol. The Morgan fingerprint density at radius 3 is 1.50 bits per heavy atom. The monoisotopic (exact) mass is 122 g/mol. The maximum Gasteiger partial charge on any atom is 0 e. The zero-order valence-electron chi connectivity index (χ0n) is 4.32. The Morgan fingerprint density at radius 2 is 1.50 bits per heavy atom. The molecule has 0 aromatic carbocycles. The van der Waals surface area contributed by atoms with Crippen LogP contribution in [-0.2, 0) is 15.2 Å². The Balaban J connectivity index is 0. The Kier molecular flexibility index (Phi) is 14.8. The van der Waals surface area contributed by atoms with E-state index >= 15 is 0 Å². The summed E-state index contributed by atoms with van der Waals surface area (Å²) in [4.78, 5) is 0. The topological polar surface area (TPSA) is 0 Å². The van der Waals surface area contributed by atoms with E-state index < -0.39 is 0 Å². The van der Waals surface area contributed by atoms with E-state index in [0.717, 1.165) is 15.2 Å². The molecule has 1 heteroatoms. The van der Waals surface area contributed by atoms with Crippen LogP contribution in [0.3, 0.4) is 0 Å². The molecule has 0 atom stereocenters. The first-order valence-electron chi connectivity index (χ1n) is 1.99. The average molecular weight is 122 g/mol. The zero-order chi connectivity index (χ0) is 4.12. The van der Waals surface area contributed by atoms with E-state index in [1.165, 1.54) is 10.6 Å². The minimum Gasteiger partial charge on any atom is 0 e. The van der Waals surface area contributed by atoms with Gasteiger partial charge in [-0.05, 0) is 0 Å². The van der Waals surface area contributed by atoms with Crippen LogP contribution in [0, 0.1) is 7.43 Å². The SMILES string of the molecule is C[CH2][Cr][CH2]C.[C]. The van der Waals surface area contributed by atoms with E-state index in [9.17, 15) is 0 Å². The Morgan fingerprint density at radius 1 is 1.17 bits per heavy atom. The van der Waals surface area contributed by atoms with Gasteiger partial charge in [0.2, 0.25) is 0 Å².